The van der Waals surface area contributed by atoms with E-state index in [9.17, 15) is 0 Å². The molecule has 0 amide bonds. The first-order valence-electron chi connectivity index (χ1n) is 10.9. The van der Waals surface area contributed by atoms with E-state index in [0.717, 1.165) is 23.3 Å². The van der Waals surface area contributed by atoms with E-state index in [1.54, 1.807) is 7.11 Å². The van der Waals surface area contributed by atoms with Crippen molar-refractivity contribution >= 4 is 17.0 Å². The third-order valence-electron chi connectivity index (χ3n) is 5.45. The normalized spacial score (nSPS) is 11.0. The van der Waals surface area contributed by atoms with Crippen LogP contribution in [0.3, 0.4) is 0 Å². The van der Waals surface area contributed by atoms with Gasteiger partial charge in [0.2, 0.25) is 17.1 Å². The Bertz CT molecular complexity index is 1360. The summed E-state index contributed by atoms with van der Waals surface area (Å²) in [5.41, 5.74) is 5.31. The van der Waals surface area contributed by atoms with Crippen LogP contribution in [0.4, 0.5) is 5.82 Å². The predicted molar refractivity (Wildman–Crippen MR) is 130 cm³/mol. The fourth-order valence-corrected chi connectivity index (χ4v) is 3.60. The number of ether oxygens (including phenoxy) is 1. The quantitative estimate of drug-likeness (QED) is 0.341. The van der Waals surface area contributed by atoms with Crippen LogP contribution in [0.25, 0.3) is 34.1 Å². The molecule has 0 radical (unpaired) electrons. The van der Waals surface area contributed by atoms with Crippen LogP contribution in [0, 0.1) is 6.92 Å². The fourth-order valence-electron chi connectivity index (χ4n) is 3.60. The van der Waals surface area contributed by atoms with Crippen molar-refractivity contribution in [2.75, 3.05) is 19.0 Å². The van der Waals surface area contributed by atoms with E-state index < -0.39 is 0 Å². The van der Waals surface area contributed by atoms with E-state index in [0.29, 0.717) is 35.3 Å². The van der Waals surface area contributed by atoms with Crippen LogP contribution in [-0.4, -0.2) is 28.6 Å². The standard InChI is InChI=1S/C27H24N4O2/c1-18-8-12-21(13-9-18)27-31-26-23(33-27)25(29-24(30-26)20-6-4-3-5-7-20)28-17-16-19-10-14-22(32-2)15-11-19/h3-15H,16-17H2,1-2H3,(H,28,29,30). The van der Waals surface area contributed by atoms with Gasteiger partial charge >= 0.3 is 0 Å². The van der Waals surface area contributed by atoms with Crippen LogP contribution < -0.4 is 10.1 Å². The lowest BCUT2D eigenvalue weighted by Crippen LogP contribution is -2.08. The van der Waals surface area contributed by atoms with Crippen LogP contribution in [0.2, 0.25) is 0 Å². The number of hydrogen-bond acceptors (Lipinski definition) is 6. The van der Waals surface area contributed by atoms with Gasteiger partial charge in [0.15, 0.2) is 11.6 Å². The summed E-state index contributed by atoms with van der Waals surface area (Å²) >= 11 is 0. The fraction of sp³-hybridized carbons (Fsp3) is 0.148. The average molecular weight is 437 g/mol. The third kappa shape index (κ3) is 4.55. The van der Waals surface area contributed by atoms with Gasteiger partial charge in [-0.25, -0.2) is 9.97 Å². The minimum Gasteiger partial charge on any atom is -0.497 e. The number of benzene rings is 3. The number of anilines is 1. The van der Waals surface area contributed by atoms with Crippen LogP contribution in [-0.2, 0) is 6.42 Å². The van der Waals surface area contributed by atoms with Gasteiger partial charge in [0.05, 0.1) is 7.11 Å². The Hall–Kier alpha value is -4.19. The molecule has 0 saturated carbocycles. The topological polar surface area (TPSA) is 73.1 Å². The Balaban J connectivity index is 1.47. The summed E-state index contributed by atoms with van der Waals surface area (Å²) in [5, 5.41) is 3.43. The van der Waals surface area contributed by atoms with E-state index >= 15 is 0 Å². The molecule has 0 saturated heterocycles. The van der Waals surface area contributed by atoms with Gasteiger partial charge in [0.25, 0.3) is 0 Å². The van der Waals surface area contributed by atoms with Gasteiger partial charge in [-0.2, -0.15) is 4.98 Å². The van der Waals surface area contributed by atoms with Crippen molar-refractivity contribution in [2.45, 2.75) is 13.3 Å². The summed E-state index contributed by atoms with van der Waals surface area (Å²) in [7, 11) is 1.67. The molecular formula is C27H24N4O2. The van der Waals surface area contributed by atoms with Crippen LogP contribution in [0.1, 0.15) is 11.1 Å². The van der Waals surface area contributed by atoms with Crippen LogP contribution >= 0.6 is 0 Å². The van der Waals surface area contributed by atoms with Gasteiger partial charge in [-0.3, -0.25) is 0 Å². The van der Waals surface area contributed by atoms with Crippen molar-refractivity contribution in [3.63, 3.8) is 0 Å². The Kier molecular flexibility index (Phi) is 5.72. The van der Waals surface area contributed by atoms with E-state index in [1.807, 2.05) is 66.7 Å². The number of methoxy groups -OCH3 is 1. The molecule has 0 bridgehead atoms. The highest BCUT2D eigenvalue weighted by Crippen LogP contribution is 2.30. The lowest BCUT2D eigenvalue weighted by molar-refractivity contribution is 0.414. The summed E-state index contributed by atoms with van der Waals surface area (Å²) < 4.78 is 11.4. The van der Waals surface area contributed by atoms with Gasteiger partial charge in [0.1, 0.15) is 5.75 Å². The second-order valence-electron chi connectivity index (χ2n) is 7.82. The van der Waals surface area contributed by atoms with Crippen molar-refractivity contribution in [3.05, 3.63) is 90.0 Å². The molecule has 0 unspecified atom stereocenters. The number of hydrogen-bond donors (Lipinski definition) is 1. The zero-order chi connectivity index (χ0) is 22.6. The number of oxazole rings is 1. The van der Waals surface area contributed by atoms with Gasteiger partial charge < -0.3 is 14.5 Å². The third-order valence-corrected chi connectivity index (χ3v) is 5.45. The second kappa shape index (κ2) is 9.12. The Morgan fingerprint density at radius 3 is 2.30 bits per heavy atom. The molecule has 0 aliphatic carbocycles. The summed E-state index contributed by atoms with van der Waals surface area (Å²) in [5.74, 6) is 2.63. The molecule has 0 aliphatic heterocycles. The van der Waals surface area contributed by atoms with Gasteiger partial charge in [0, 0.05) is 17.7 Å². The molecule has 3 aromatic carbocycles. The zero-order valence-corrected chi connectivity index (χ0v) is 18.6. The maximum Gasteiger partial charge on any atom is 0.229 e. The lowest BCUT2D eigenvalue weighted by atomic mass is 10.1. The number of aryl methyl sites for hydroxylation is 1. The van der Waals surface area contributed by atoms with Crippen LogP contribution in [0.15, 0.2) is 83.3 Å². The monoisotopic (exact) mass is 436 g/mol. The maximum atomic E-state index is 6.13. The van der Waals surface area contributed by atoms with Crippen molar-refractivity contribution in [3.8, 4) is 28.6 Å². The van der Waals surface area contributed by atoms with Gasteiger partial charge in [-0.05, 0) is 43.2 Å². The molecule has 5 aromatic rings. The molecular weight excluding hydrogens is 412 g/mol. The van der Waals surface area contributed by atoms with E-state index in [4.69, 9.17) is 14.1 Å². The van der Waals surface area contributed by atoms with E-state index in [-0.39, 0.29) is 0 Å². The second-order valence-corrected chi connectivity index (χ2v) is 7.82. The predicted octanol–water partition coefficient (Wildman–Crippen LogP) is 5.92. The highest BCUT2D eigenvalue weighted by molar-refractivity contribution is 5.84. The summed E-state index contributed by atoms with van der Waals surface area (Å²) in [6.45, 7) is 2.74. The lowest BCUT2D eigenvalue weighted by Gasteiger charge is -2.08. The molecule has 6 nitrogen and oxygen atoms in total. The molecule has 0 spiro atoms. The van der Waals surface area contributed by atoms with Crippen molar-refractivity contribution in [2.24, 2.45) is 0 Å². The molecule has 2 heterocycles. The molecule has 164 valence electrons. The SMILES string of the molecule is COc1ccc(CCNc2nc(-c3ccccc3)nc3nc(-c4ccc(C)cc4)oc23)cc1. The number of nitrogens with zero attached hydrogens (tertiary/aromatic N) is 3. The number of fused-ring (bicyclic) bond motifs is 1. The zero-order valence-electron chi connectivity index (χ0n) is 18.6. The first-order valence-corrected chi connectivity index (χ1v) is 10.9. The summed E-state index contributed by atoms with van der Waals surface area (Å²) in [6, 6.07) is 26.1. The van der Waals surface area contributed by atoms with Gasteiger partial charge in [-0.15, -0.1) is 0 Å². The highest BCUT2D eigenvalue weighted by atomic mass is 16.5. The number of rotatable bonds is 7. The first-order chi connectivity index (χ1) is 16.2. The minimum atomic E-state index is 0.530. The highest BCUT2D eigenvalue weighted by Gasteiger charge is 2.17. The molecule has 0 atom stereocenters. The molecule has 0 fully saturated rings. The van der Waals surface area contributed by atoms with E-state index in [1.165, 1.54) is 11.1 Å². The smallest absolute Gasteiger partial charge is 0.229 e. The number of nitrogens with one attached hydrogen (secondary N) is 1. The molecule has 33 heavy (non-hydrogen) atoms. The van der Waals surface area contributed by atoms with Crippen molar-refractivity contribution < 1.29 is 9.15 Å². The van der Waals surface area contributed by atoms with Crippen molar-refractivity contribution in [1.29, 1.82) is 0 Å². The first kappa shape index (κ1) is 20.7. The van der Waals surface area contributed by atoms with E-state index in [2.05, 4.69) is 34.3 Å². The Morgan fingerprint density at radius 2 is 1.58 bits per heavy atom. The summed E-state index contributed by atoms with van der Waals surface area (Å²) in [6.07, 6.45) is 0.828. The average Bonchev–Trinajstić information content (AvgIpc) is 3.30. The molecule has 5 rings (SSSR count). The largest absolute Gasteiger partial charge is 0.497 e. The molecule has 1 N–H and O–H groups in total. The molecule has 2 aromatic heterocycles. The minimum absolute atomic E-state index is 0.530. The summed E-state index contributed by atoms with van der Waals surface area (Å²) in [4.78, 5) is 14.1. The van der Waals surface area contributed by atoms with Crippen LogP contribution in [0.5, 0.6) is 5.75 Å². The van der Waals surface area contributed by atoms with Gasteiger partial charge in [-0.1, -0.05) is 60.2 Å². The number of aromatic nitrogens is 3. The Labute approximate surface area is 192 Å². The molecule has 6 heteroatoms. The Morgan fingerprint density at radius 1 is 0.818 bits per heavy atom. The van der Waals surface area contributed by atoms with Crippen molar-refractivity contribution in [1.82, 2.24) is 15.0 Å². The molecule has 0 aliphatic rings. The maximum absolute atomic E-state index is 6.13.